The van der Waals surface area contributed by atoms with E-state index < -0.39 is 16.1 Å². The number of amides is 1. The molecule has 0 spiro atoms. The van der Waals surface area contributed by atoms with Crippen molar-refractivity contribution in [2.45, 2.75) is 44.7 Å². The number of sulfonamides is 1. The van der Waals surface area contributed by atoms with E-state index in [9.17, 15) is 13.2 Å². The van der Waals surface area contributed by atoms with E-state index in [1.807, 2.05) is 75.4 Å². The molecule has 0 saturated carbocycles. The Morgan fingerprint density at radius 3 is 2.13 bits per heavy atom. The summed E-state index contributed by atoms with van der Waals surface area (Å²) in [4.78, 5) is 13.6. The smallest absolute Gasteiger partial charge is 0.244 e. The van der Waals surface area contributed by atoms with E-state index >= 15 is 0 Å². The molecule has 0 aromatic heterocycles. The van der Waals surface area contributed by atoms with Crippen molar-refractivity contribution in [1.82, 2.24) is 4.31 Å². The highest BCUT2D eigenvalue weighted by molar-refractivity contribution is 7.89. The van der Waals surface area contributed by atoms with Gasteiger partial charge in [-0.15, -0.1) is 0 Å². The molecule has 6 heteroatoms. The van der Waals surface area contributed by atoms with Crippen molar-refractivity contribution in [2.75, 3.05) is 5.32 Å². The second kappa shape index (κ2) is 8.29. The minimum absolute atomic E-state index is 0.165. The summed E-state index contributed by atoms with van der Waals surface area (Å²) in [6.07, 6.45) is 0.331. The first-order valence-corrected chi connectivity index (χ1v) is 11.7. The van der Waals surface area contributed by atoms with E-state index in [-0.39, 0.29) is 17.3 Å². The minimum Gasteiger partial charge on any atom is -0.325 e. The number of fused-ring (bicyclic) bond motifs is 1. The SMILES string of the molecule is Cc1cc(C)c(S(=O)(=O)N2Cc3ccccc3CC2C(=O)Nc2ccccc2)c(C)c1. The van der Waals surface area contributed by atoms with Crippen LogP contribution in [0.15, 0.2) is 71.6 Å². The monoisotopic (exact) mass is 434 g/mol. The summed E-state index contributed by atoms with van der Waals surface area (Å²) < 4.78 is 29.1. The number of nitrogens with one attached hydrogen (secondary N) is 1. The molecule has 3 aromatic carbocycles. The van der Waals surface area contributed by atoms with Crippen LogP contribution in [0.2, 0.25) is 0 Å². The van der Waals surface area contributed by atoms with Gasteiger partial charge in [-0.3, -0.25) is 4.79 Å². The van der Waals surface area contributed by atoms with Crippen LogP contribution >= 0.6 is 0 Å². The molecule has 3 aromatic rings. The van der Waals surface area contributed by atoms with E-state index in [1.54, 1.807) is 12.1 Å². The number of benzene rings is 3. The zero-order valence-electron chi connectivity index (χ0n) is 17.9. The van der Waals surface area contributed by atoms with Crippen molar-refractivity contribution in [1.29, 1.82) is 0 Å². The maximum absolute atomic E-state index is 13.9. The standard InChI is InChI=1S/C25H26N2O3S/c1-17-13-18(2)24(19(3)14-17)31(29,30)27-16-21-10-8-7-9-20(21)15-23(27)25(28)26-22-11-5-4-6-12-22/h4-14,23H,15-16H2,1-3H3,(H,26,28). The van der Waals surface area contributed by atoms with E-state index in [4.69, 9.17) is 0 Å². The highest BCUT2D eigenvalue weighted by Gasteiger charge is 2.40. The molecule has 0 aliphatic carbocycles. The van der Waals surface area contributed by atoms with E-state index in [0.717, 1.165) is 16.7 Å². The lowest BCUT2D eigenvalue weighted by atomic mass is 9.95. The molecule has 1 aliphatic rings. The average molecular weight is 435 g/mol. The molecule has 0 saturated heterocycles. The van der Waals surface area contributed by atoms with Crippen molar-refractivity contribution < 1.29 is 13.2 Å². The van der Waals surface area contributed by atoms with Crippen LogP contribution in [0.1, 0.15) is 27.8 Å². The molecule has 1 heterocycles. The Kier molecular flexibility index (Phi) is 5.69. The Hall–Kier alpha value is -2.96. The summed E-state index contributed by atoms with van der Waals surface area (Å²) in [7, 11) is -3.90. The molecule has 1 amide bonds. The fourth-order valence-corrected chi connectivity index (χ4v) is 6.39. The van der Waals surface area contributed by atoms with Crippen molar-refractivity contribution in [3.8, 4) is 0 Å². The number of carbonyl (C=O) groups excluding carboxylic acids is 1. The highest BCUT2D eigenvalue weighted by Crippen LogP contribution is 2.32. The molecule has 0 bridgehead atoms. The Labute approximate surface area is 183 Å². The van der Waals surface area contributed by atoms with Gasteiger partial charge in [0.05, 0.1) is 4.90 Å². The van der Waals surface area contributed by atoms with Crippen LogP contribution in [-0.4, -0.2) is 24.7 Å². The Balaban J connectivity index is 1.78. The first-order valence-electron chi connectivity index (χ1n) is 10.3. The van der Waals surface area contributed by atoms with Gasteiger partial charge in [0.2, 0.25) is 15.9 Å². The molecule has 0 fully saturated rings. The van der Waals surface area contributed by atoms with Crippen molar-refractivity contribution in [3.05, 3.63) is 94.5 Å². The number of hydrogen-bond donors (Lipinski definition) is 1. The summed E-state index contributed by atoms with van der Waals surface area (Å²) in [6, 6.07) is 19.7. The Morgan fingerprint density at radius 2 is 1.48 bits per heavy atom. The van der Waals surface area contributed by atoms with Crippen LogP contribution in [0.4, 0.5) is 5.69 Å². The van der Waals surface area contributed by atoms with Crippen molar-refractivity contribution in [3.63, 3.8) is 0 Å². The lowest BCUT2D eigenvalue weighted by Gasteiger charge is -2.35. The Bertz CT molecular complexity index is 1210. The van der Waals surface area contributed by atoms with Crippen LogP contribution in [0, 0.1) is 20.8 Å². The molecule has 1 atom stereocenters. The molecular weight excluding hydrogens is 408 g/mol. The van der Waals surface area contributed by atoms with Crippen LogP contribution in [0.5, 0.6) is 0 Å². The number of nitrogens with zero attached hydrogens (tertiary/aromatic N) is 1. The van der Waals surface area contributed by atoms with E-state index in [2.05, 4.69) is 5.32 Å². The van der Waals surface area contributed by atoms with Gasteiger partial charge in [0.15, 0.2) is 0 Å². The molecule has 1 N–H and O–H groups in total. The summed E-state index contributed by atoms with van der Waals surface area (Å²) in [5, 5.41) is 2.89. The number of rotatable bonds is 4. The third-order valence-electron chi connectivity index (χ3n) is 5.72. The summed E-state index contributed by atoms with van der Waals surface area (Å²) in [5.74, 6) is -0.327. The molecule has 4 rings (SSSR count). The number of anilines is 1. The first-order chi connectivity index (χ1) is 14.8. The van der Waals surface area contributed by atoms with Crippen molar-refractivity contribution >= 4 is 21.6 Å². The molecule has 5 nitrogen and oxygen atoms in total. The van der Waals surface area contributed by atoms with Gasteiger partial charge in [0.1, 0.15) is 6.04 Å². The number of carbonyl (C=O) groups is 1. The quantitative estimate of drug-likeness (QED) is 0.663. The lowest BCUT2D eigenvalue weighted by Crippen LogP contribution is -2.50. The van der Waals surface area contributed by atoms with Gasteiger partial charge >= 0.3 is 0 Å². The predicted octanol–water partition coefficient (Wildman–Crippen LogP) is 4.37. The average Bonchev–Trinajstić information content (AvgIpc) is 2.72. The molecule has 0 radical (unpaired) electrons. The normalized spacial score (nSPS) is 16.5. The van der Waals surface area contributed by atoms with Gasteiger partial charge in [0, 0.05) is 12.2 Å². The molecule has 31 heavy (non-hydrogen) atoms. The van der Waals surface area contributed by atoms with E-state index in [1.165, 1.54) is 4.31 Å². The topological polar surface area (TPSA) is 66.5 Å². The summed E-state index contributed by atoms with van der Waals surface area (Å²) in [5.41, 5.74) is 4.97. The second-order valence-corrected chi connectivity index (χ2v) is 9.95. The van der Waals surface area contributed by atoms with Gasteiger partial charge in [0.25, 0.3) is 0 Å². The van der Waals surface area contributed by atoms with Gasteiger partial charge < -0.3 is 5.32 Å². The first kappa shape index (κ1) is 21.3. The van der Waals surface area contributed by atoms with E-state index in [0.29, 0.717) is 23.2 Å². The fourth-order valence-electron chi connectivity index (χ4n) is 4.41. The summed E-state index contributed by atoms with van der Waals surface area (Å²) in [6.45, 7) is 5.73. The number of hydrogen-bond acceptors (Lipinski definition) is 3. The molecule has 1 aliphatic heterocycles. The second-order valence-electron chi connectivity index (χ2n) is 8.12. The van der Waals surface area contributed by atoms with Crippen LogP contribution in [0.25, 0.3) is 0 Å². The maximum atomic E-state index is 13.9. The number of aryl methyl sites for hydroxylation is 3. The molecule has 160 valence electrons. The predicted molar refractivity (Wildman–Crippen MR) is 122 cm³/mol. The lowest BCUT2D eigenvalue weighted by molar-refractivity contribution is -0.120. The van der Waals surface area contributed by atoms with Gasteiger partial charge in [-0.25, -0.2) is 8.42 Å². The largest absolute Gasteiger partial charge is 0.325 e. The summed E-state index contributed by atoms with van der Waals surface area (Å²) >= 11 is 0. The van der Waals surface area contributed by atoms with Gasteiger partial charge in [-0.05, 0) is 61.6 Å². The molecule has 1 unspecified atom stereocenters. The maximum Gasteiger partial charge on any atom is 0.244 e. The van der Waals surface area contributed by atoms with Crippen molar-refractivity contribution in [2.24, 2.45) is 0 Å². The molecular formula is C25H26N2O3S. The zero-order chi connectivity index (χ0) is 22.2. The van der Waals surface area contributed by atoms with Gasteiger partial charge in [-0.2, -0.15) is 4.31 Å². The highest BCUT2D eigenvalue weighted by atomic mass is 32.2. The third-order valence-corrected chi connectivity index (χ3v) is 7.88. The minimum atomic E-state index is -3.90. The van der Waals surface area contributed by atoms with Crippen LogP contribution < -0.4 is 5.32 Å². The van der Waals surface area contributed by atoms with Gasteiger partial charge in [-0.1, -0.05) is 60.2 Å². The fraction of sp³-hybridized carbons (Fsp3) is 0.240. The van der Waals surface area contributed by atoms with Crippen LogP contribution in [-0.2, 0) is 27.8 Å². The third kappa shape index (κ3) is 4.13. The Morgan fingerprint density at radius 1 is 0.903 bits per heavy atom. The zero-order valence-corrected chi connectivity index (χ0v) is 18.7. The van der Waals surface area contributed by atoms with Crippen LogP contribution in [0.3, 0.4) is 0 Å². The number of para-hydroxylation sites is 1.